The van der Waals surface area contributed by atoms with Crippen molar-refractivity contribution in [2.75, 3.05) is 16.4 Å². The lowest BCUT2D eigenvalue weighted by Gasteiger charge is -2.07. The van der Waals surface area contributed by atoms with E-state index >= 15 is 0 Å². The van der Waals surface area contributed by atoms with E-state index in [2.05, 4.69) is 20.8 Å². The van der Waals surface area contributed by atoms with E-state index in [1.54, 1.807) is 0 Å². The molecule has 1 amide bonds. The fourth-order valence-corrected chi connectivity index (χ4v) is 3.00. The van der Waals surface area contributed by atoms with Crippen molar-refractivity contribution >= 4 is 40.8 Å². The van der Waals surface area contributed by atoms with Crippen LogP contribution in [0.3, 0.4) is 0 Å². The van der Waals surface area contributed by atoms with Gasteiger partial charge in [0.2, 0.25) is 5.91 Å². The summed E-state index contributed by atoms with van der Waals surface area (Å²) in [6.07, 6.45) is 0. The molecule has 0 radical (unpaired) electrons. The number of thioether (sulfide) groups is 1. The summed E-state index contributed by atoms with van der Waals surface area (Å²) in [5.41, 5.74) is 3.05. The zero-order chi connectivity index (χ0) is 19.1. The molecule has 7 heteroatoms. The lowest BCUT2D eigenvalue weighted by atomic mass is 10.2. The zero-order valence-electron chi connectivity index (χ0n) is 14.8. The fraction of sp³-hybridized carbons (Fsp3) is 0.150. The Morgan fingerprint density at radius 2 is 1.74 bits per heavy atom. The van der Waals surface area contributed by atoms with Crippen molar-refractivity contribution in [2.45, 2.75) is 18.5 Å². The van der Waals surface area contributed by atoms with Gasteiger partial charge in [0, 0.05) is 17.3 Å². The van der Waals surface area contributed by atoms with Gasteiger partial charge in [-0.05, 0) is 48.9 Å². The van der Waals surface area contributed by atoms with Crippen LogP contribution in [-0.4, -0.2) is 21.9 Å². The van der Waals surface area contributed by atoms with Crippen LogP contribution < -0.4 is 10.6 Å². The number of amides is 1. The summed E-state index contributed by atoms with van der Waals surface area (Å²) in [5, 5.41) is 15.8. The molecule has 0 fully saturated rings. The fourth-order valence-electron chi connectivity index (χ4n) is 2.26. The number of aryl methyl sites for hydroxylation is 1. The third kappa shape index (κ3) is 6.27. The van der Waals surface area contributed by atoms with E-state index in [0.29, 0.717) is 22.4 Å². The summed E-state index contributed by atoms with van der Waals surface area (Å²) < 4.78 is 0. The van der Waals surface area contributed by atoms with Crippen molar-refractivity contribution < 1.29 is 4.79 Å². The van der Waals surface area contributed by atoms with Crippen LogP contribution in [-0.2, 0) is 11.3 Å². The maximum absolute atomic E-state index is 12.0. The summed E-state index contributed by atoms with van der Waals surface area (Å²) in [5.74, 6) is 0.883. The largest absolute Gasteiger partial charge is 0.365 e. The van der Waals surface area contributed by atoms with Gasteiger partial charge < -0.3 is 10.6 Å². The lowest BCUT2D eigenvalue weighted by Crippen LogP contribution is -2.14. The van der Waals surface area contributed by atoms with Crippen LogP contribution in [0.5, 0.6) is 0 Å². The minimum Gasteiger partial charge on any atom is -0.365 e. The summed E-state index contributed by atoms with van der Waals surface area (Å²) in [7, 11) is 0. The molecule has 27 heavy (non-hydrogen) atoms. The molecule has 3 aromatic rings. The molecule has 0 spiro atoms. The van der Waals surface area contributed by atoms with Gasteiger partial charge in [-0.2, -0.15) is 0 Å². The Hall–Kier alpha value is -2.57. The van der Waals surface area contributed by atoms with Crippen LogP contribution in [0.2, 0.25) is 5.02 Å². The van der Waals surface area contributed by atoms with E-state index in [0.717, 1.165) is 16.8 Å². The molecule has 0 bridgehead atoms. The van der Waals surface area contributed by atoms with Gasteiger partial charge in [0.15, 0.2) is 0 Å². The first-order chi connectivity index (χ1) is 13.1. The van der Waals surface area contributed by atoms with Crippen LogP contribution in [0.15, 0.2) is 65.7 Å². The Kier molecular flexibility index (Phi) is 6.68. The third-order valence-corrected chi connectivity index (χ3v) is 4.89. The summed E-state index contributed by atoms with van der Waals surface area (Å²) in [6, 6.07) is 19.0. The van der Waals surface area contributed by atoms with Gasteiger partial charge in [0.25, 0.3) is 0 Å². The van der Waals surface area contributed by atoms with E-state index in [-0.39, 0.29) is 11.7 Å². The monoisotopic (exact) mass is 398 g/mol. The smallest absolute Gasteiger partial charge is 0.234 e. The molecule has 138 valence electrons. The lowest BCUT2D eigenvalue weighted by molar-refractivity contribution is -0.113. The number of nitrogens with one attached hydrogen (secondary N) is 2. The van der Waals surface area contributed by atoms with Crippen LogP contribution in [0.1, 0.15) is 11.1 Å². The van der Waals surface area contributed by atoms with Crippen LogP contribution in [0.25, 0.3) is 0 Å². The highest BCUT2D eigenvalue weighted by molar-refractivity contribution is 7.99. The summed E-state index contributed by atoms with van der Waals surface area (Å²) in [4.78, 5) is 12.0. The molecule has 1 heterocycles. The number of halogens is 1. The molecular weight excluding hydrogens is 380 g/mol. The highest BCUT2D eigenvalue weighted by atomic mass is 35.5. The number of carbonyl (C=O) groups excluding carboxylic acids is 1. The van der Waals surface area contributed by atoms with Gasteiger partial charge in [-0.25, -0.2) is 0 Å². The highest BCUT2D eigenvalue weighted by Gasteiger charge is 2.05. The van der Waals surface area contributed by atoms with Crippen LogP contribution >= 0.6 is 23.4 Å². The predicted octanol–water partition coefficient (Wildman–Crippen LogP) is 4.78. The molecule has 2 N–H and O–H groups in total. The number of nitrogens with zero attached hydrogens (tertiary/aromatic N) is 2. The van der Waals surface area contributed by atoms with E-state index in [4.69, 9.17) is 11.6 Å². The molecule has 0 saturated carbocycles. The quantitative estimate of drug-likeness (QED) is 0.560. The number of rotatable bonds is 7. The van der Waals surface area contributed by atoms with Gasteiger partial charge in [-0.1, -0.05) is 53.2 Å². The van der Waals surface area contributed by atoms with Crippen molar-refractivity contribution in [2.24, 2.45) is 0 Å². The Labute approximate surface area is 167 Å². The second-order valence-electron chi connectivity index (χ2n) is 5.94. The molecule has 5 nitrogen and oxygen atoms in total. The standard InChI is InChI=1S/C20H19ClN4OS/c1-14-2-8-17(9-3-14)23-19(26)13-27-20-11-10-18(24-25-20)22-12-15-4-6-16(21)7-5-15/h2-11H,12-13H2,1H3,(H,22,24)(H,23,26). The molecule has 3 rings (SSSR count). The van der Waals surface area contributed by atoms with E-state index in [1.165, 1.54) is 11.8 Å². The SMILES string of the molecule is Cc1ccc(NC(=O)CSc2ccc(NCc3ccc(Cl)cc3)nn2)cc1. The first-order valence-electron chi connectivity index (χ1n) is 8.40. The van der Waals surface area contributed by atoms with Gasteiger partial charge in [-0.15, -0.1) is 10.2 Å². The van der Waals surface area contributed by atoms with E-state index < -0.39 is 0 Å². The molecule has 2 aromatic carbocycles. The molecule has 0 aliphatic rings. The van der Waals surface area contributed by atoms with Gasteiger partial charge in [0.05, 0.1) is 5.75 Å². The zero-order valence-corrected chi connectivity index (χ0v) is 16.3. The first-order valence-corrected chi connectivity index (χ1v) is 9.76. The molecule has 1 aromatic heterocycles. The third-order valence-electron chi connectivity index (χ3n) is 3.71. The topological polar surface area (TPSA) is 66.9 Å². The number of carbonyl (C=O) groups is 1. The van der Waals surface area contributed by atoms with Crippen molar-refractivity contribution in [3.63, 3.8) is 0 Å². The molecule has 0 atom stereocenters. The minimum absolute atomic E-state index is 0.0735. The van der Waals surface area contributed by atoms with Gasteiger partial charge >= 0.3 is 0 Å². The number of hydrogen-bond donors (Lipinski definition) is 2. The van der Waals surface area contributed by atoms with Crippen molar-refractivity contribution in [1.29, 1.82) is 0 Å². The van der Waals surface area contributed by atoms with Crippen LogP contribution in [0, 0.1) is 6.92 Å². The maximum Gasteiger partial charge on any atom is 0.234 e. The van der Waals surface area contributed by atoms with Crippen molar-refractivity contribution in [3.8, 4) is 0 Å². The number of anilines is 2. The molecular formula is C20H19ClN4OS. The minimum atomic E-state index is -0.0735. The van der Waals surface area contributed by atoms with E-state index in [1.807, 2.05) is 67.6 Å². The van der Waals surface area contributed by atoms with Crippen molar-refractivity contribution in [1.82, 2.24) is 10.2 Å². The van der Waals surface area contributed by atoms with E-state index in [9.17, 15) is 4.79 Å². The summed E-state index contributed by atoms with van der Waals surface area (Å²) >= 11 is 7.22. The second kappa shape index (κ2) is 9.39. The summed E-state index contributed by atoms with van der Waals surface area (Å²) in [6.45, 7) is 2.64. The number of benzene rings is 2. The number of aromatic nitrogens is 2. The van der Waals surface area contributed by atoms with Crippen LogP contribution in [0.4, 0.5) is 11.5 Å². The Balaban J connectivity index is 1.45. The second-order valence-corrected chi connectivity index (χ2v) is 7.37. The van der Waals surface area contributed by atoms with Gasteiger partial charge in [0.1, 0.15) is 10.8 Å². The average molecular weight is 399 g/mol. The molecule has 0 unspecified atom stereocenters. The Bertz CT molecular complexity index is 883. The van der Waals surface area contributed by atoms with Gasteiger partial charge in [-0.3, -0.25) is 4.79 Å². The maximum atomic E-state index is 12.0. The normalized spacial score (nSPS) is 10.4. The molecule has 0 aliphatic heterocycles. The van der Waals surface area contributed by atoms with Crippen molar-refractivity contribution in [3.05, 3.63) is 76.8 Å². The molecule has 0 saturated heterocycles. The Morgan fingerprint density at radius 1 is 1.00 bits per heavy atom. The number of hydrogen-bond acceptors (Lipinski definition) is 5. The Morgan fingerprint density at radius 3 is 2.41 bits per heavy atom. The average Bonchev–Trinajstić information content (AvgIpc) is 2.68. The first kappa shape index (κ1) is 19.2. The molecule has 0 aliphatic carbocycles. The predicted molar refractivity (Wildman–Crippen MR) is 111 cm³/mol. The highest BCUT2D eigenvalue weighted by Crippen LogP contribution is 2.17.